The molecule has 2 nitrogen and oxygen atoms in total. The molecule has 0 aromatic heterocycles. The van der Waals surface area contributed by atoms with Crippen LogP contribution >= 0.6 is 15.9 Å². The van der Waals surface area contributed by atoms with E-state index in [1.807, 2.05) is 0 Å². The SMILES string of the molecule is NCc1ccc(Br)cc1N(Cc1ccccc1)Cc1ccccc1. The fraction of sp³-hybridized carbons (Fsp3) is 0.143. The molecule has 3 heteroatoms. The monoisotopic (exact) mass is 380 g/mol. The van der Waals surface area contributed by atoms with Crippen LogP contribution in [0.3, 0.4) is 0 Å². The predicted molar refractivity (Wildman–Crippen MR) is 105 cm³/mol. The van der Waals surface area contributed by atoms with Gasteiger partial charge in [-0.05, 0) is 28.8 Å². The molecule has 0 aliphatic carbocycles. The largest absolute Gasteiger partial charge is 0.363 e. The second-order valence-electron chi connectivity index (χ2n) is 5.80. The molecule has 0 aliphatic rings. The Bertz CT molecular complexity index is 731. The van der Waals surface area contributed by atoms with Gasteiger partial charge in [0.05, 0.1) is 0 Å². The molecule has 3 rings (SSSR count). The van der Waals surface area contributed by atoms with Crippen molar-refractivity contribution in [3.05, 3.63) is 100 Å². The maximum absolute atomic E-state index is 5.98. The van der Waals surface area contributed by atoms with Gasteiger partial charge >= 0.3 is 0 Å². The highest BCUT2D eigenvalue weighted by Crippen LogP contribution is 2.28. The summed E-state index contributed by atoms with van der Waals surface area (Å²) in [6, 6.07) is 27.4. The first-order valence-electron chi connectivity index (χ1n) is 8.07. The lowest BCUT2D eigenvalue weighted by molar-refractivity contribution is 0.791. The molecule has 0 heterocycles. The summed E-state index contributed by atoms with van der Waals surface area (Å²) in [6.07, 6.45) is 0. The first-order chi connectivity index (χ1) is 11.8. The Kier molecular flexibility index (Phi) is 5.68. The van der Waals surface area contributed by atoms with Gasteiger partial charge < -0.3 is 10.6 Å². The minimum Gasteiger partial charge on any atom is -0.363 e. The van der Waals surface area contributed by atoms with Crippen molar-refractivity contribution in [1.29, 1.82) is 0 Å². The molecule has 0 spiro atoms. The van der Waals surface area contributed by atoms with Crippen LogP contribution in [0.1, 0.15) is 16.7 Å². The van der Waals surface area contributed by atoms with Gasteiger partial charge in [-0.3, -0.25) is 0 Å². The Morgan fingerprint density at radius 3 is 1.79 bits per heavy atom. The van der Waals surface area contributed by atoms with Crippen LogP contribution < -0.4 is 10.6 Å². The number of benzene rings is 3. The average Bonchev–Trinajstić information content (AvgIpc) is 2.63. The second-order valence-corrected chi connectivity index (χ2v) is 6.72. The van der Waals surface area contributed by atoms with E-state index in [1.54, 1.807) is 0 Å². The fourth-order valence-electron chi connectivity index (χ4n) is 2.84. The number of nitrogens with two attached hydrogens (primary N) is 1. The van der Waals surface area contributed by atoms with E-state index in [4.69, 9.17) is 5.73 Å². The normalized spacial score (nSPS) is 10.6. The lowest BCUT2D eigenvalue weighted by Gasteiger charge is -2.27. The molecule has 0 amide bonds. The van der Waals surface area contributed by atoms with Crippen molar-refractivity contribution in [3.63, 3.8) is 0 Å². The molecular weight excluding hydrogens is 360 g/mol. The Balaban J connectivity index is 1.96. The summed E-state index contributed by atoms with van der Waals surface area (Å²) >= 11 is 3.60. The molecule has 0 unspecified atom stereocenters. The van der Waals surface area contributed by atoms with Gasteiger partial charge in [0.1, 0.15) is 0 Å². The zero-order chi connectivity index (χ0) is 16.8. The van der Waals surface area contributed by atoms with Crippen LogP contribution in [0.25, 0.3) is 0 Å². The predicted octanol–water partition coefficient (Wildman–Crippen LogP) is 5.11. The van der Waals surface area contributed by atoms with E-state index in [0.717, 1.165) is 23.1 Å². The quantitative estimate of drug-likeness (QED) is 0.643. The van der Waals surface area contributed by atoms with Crippen molar-refractivity contribution < 1.29 is 0 Å². The molecule has 0 bridgehead atoms. The number of anilines is 1. The van der Waals surface area contributed by atoms with Crippen LogP contribution in [0.5, 0.6) is 0 Å². The Morgan fingerprint density at radius 1 is 0.750 bits per heavy atom. The zero-order valence-corrected chi connectivity index (χ0v) is 15.1. The van der Waals surface area contributed by atoms with Gasteiger partial charge in [-0.2, -0.15) is 0 Å². The Morgan fingerprint density at radius 2 is 1.29 bits per heavy atom. The smallest absolute Gasteiger partial charge is 0.0433 e. The molecule has 0 atom stereocenters. The third kappa shape index (κ3) is 4.25. The Labute approximate surface area is 152 Å². The van der Waals surface area contributed by atoms with Gasteiger partial charge in [0.2, 0.25) is 0 Å². The number of hydrogen-bond acceptors (Lipinski definition) is 2. The summed E-state index contributed by atoms with van der Waals surface area (Å²) in [5.74, 6) is 0. The van der Waals surface area contributed by atoms with E-state index in [-0.39, 0.29) is 0 Å². The highest BCUT2D eigenvalue weighted by Gasteiger charge is 2.13. The summed E-state index contributed by atoms with van der Waals surface area (Å²) in [7, 11) is 0. The maximum Gasteiger partial charge on any atom is 0.0433 e. The molecular formula is C21H21BrN2. The summed E-state index contributed by atoms with van der Waals surface area (Å²) in [4.78, 5) is 2.39. The van der Waals surface area contributed by atoms with Crippen molar-refractivity contribution in [2.75, 3.05) is 4.90 Å². The molecule has 0 aliphatic heterocycles. The van der Waals surface area contributed by atoms with Crippen LogP contribution in [0.15, 0.2) is 83.3 Å². The van der Waals surface area contributed by atoms with Crippen LogP contribution in [-0.4, -0.2) is 0 Å². The number of halogens is 1. The van der Waals surface area contributed by atoms with E-state index in [2.05, 4.69) is 99.7 Å². The van der Waals surface area contributed by atoms with Crippen molar-refractivity contribution in [3.8, 4) is 0 Å². The molecule has 0 fully saturated rings. The van der Waals surface area contributed by atoms with E-state index in [9.17, 15) is 0 Å². The van der Waals surface area contributed by atoms with Crippen LogP contribution in [-0.2, 0) is 19.6 Å². The molecule has 3 aromatic rings. The standard InChI is InChI=1S/C21H21BrN2/c22-20-12-11-19(14-23)21(13-20)24(15-17-7-3-1-4-8-17)16-18-9-5-2-6-10-18/h1-13H,14-16,23H2. The van der Waals surface area contributed by atoms with E-state index in [1.165, 1.54) is 16.8 Å². The molecule has 3 aromatic carbocycles. The molecule has 0 radical (unpaired) electrons. The molecule has 2 N–H and O–H groups in total. The third-order valence-electron chi connectivity index (χ3n) is 4.04. The lowest BCUT2D eigenvalue weighted by atomic mass is 10.1. The van der Waals surface area contributed by atoms with Crippen LogP contribution in [0.4, 0.5) is 5.69 Å². The van der Waals surface area contributed by atoms with Crippen molar-refractivity contribution in [1.82, 2.24) is 0 Å². The molecule has 24 heavy (non-hydrogen) atoms. The van der Waals surface area contributed by atoms with Gasteiger partial charge in [0, 0.05) is 29.8 Å². The first kappa shape index (κ1) is 16.7. The summed E-state index contributed by atoms with van der Waals surface area (Å²) in [5.41, 5.74) is 10.9. The minimum absolute atomic E-state index is 0.530. The zero-order valence-electron chi connectivity index (χ0n) is 13.5. The number of nitrogens with zero attached hydrogens (tertiary/aromatic N) is 1. The summed E-state index contributed by atoms with van der Waals surface area (Å²) in [6.45, 7) is 2.22. The van der Waals surface area contributed by atoms with Crippen molar-refractivity contribution in [2.45, 2.75) is 19.6 Å². The van der Waals surface area contributed by atoms with Crippen LogP contribution in [0, 0.1) is 0 Å². The lowest BCUT2D eigenvalue weighted by Crippen LogP contribution is -2.24. The highest BCUT2D eigenvalue weighted by molar-refractivity contribution is 9.10. The molecule has 0 saturated heterocycles. The highest BCUT2D eigenvalue weighted by atomic mass is 79.9. The third-order valence-corrected chi connectivity index (χ3v) is 4.53. The second kappa shape index (κ2) is 8.13. The van der Waals surface area contributed by atoms with Gasteiger partial charge in [-0.15, -0.1) is 0 Å². The fourth-order valence-corrected chi connectivity index (χ4v) is 3.19. The molecule has 0 saturated carbocycles. The van der Waals surface area contributed by atoms with E-state index >= 15 is 0 Å². The van der Waals surface area contributed by atoms with Gasteiger partial charge in [-0.25, -0.2) is 0 Å². The van der Waals surface area contributed by atoms with Crippen molar-refractivity contribution in [2.24, 2.45) is 5.73 Å². The molecule has 122 valence electrons. The van der Waals surface area contributed by atoms with Crippen LogP contribution in [0.2, 0.25) is 0 Å². The topological polar surface area (TPSA) is 29.3 Å². The summed E-state index contributed by atoms with van der Waals surface area (Å²) in [5, 5.41) is 0. The minimum atomic E-state index is 0.530. The van der Waals surface area contributed by atoms with E-state index in [0.29, 0.717) is 6.54 Å². The average molecular weight is 381 g/mol. The first-order valence-corrected chi connectivity index (χ1v) is 8.87. The number of rotatable bonds is 6. The number of hydrogen-bond donors (Lipinski definition) is 1. The summed E-state index contributed by atoms with van der Waals surface area (Å²) < 4.78 is 1.07. The Hall–Kier alpha value is -2.10. The van der Waals surface area contributed by atoms with E-state index < -0.39 is 0 Å². The van der Waals surface area contributed by atoms with Gasteiger partial charge in [-0.1, -0.05) is 82.7 Å². The van der Waals surface area contributed by atoms with Gasteiger partial charge in [0.25, 0.3) is 0 Å². The van der Waals surface area contributed by atoms with Crippen molar-refractivity contribution >= 4 is 21.6 Å². The van der Waals surface area contributed by atoms with Gasteiger partial charge in [0.15, 0.2) is 0 Å². The maximum atomic E-state index is 5.98.